The van der Waals surface area contributed by atoms with E-state index < -0.39 is 17.5 Å². The van der Waals surface area contributed by atoms with E-state index in [1.54, 1.807) is 0 Å². The van der Waals surface area contributed by atoms with Crippen LogP contribution >= 0.6 is 0 Å². The average molecular weight is 513 g/mol. The number of hydrogen-bond donors (Lipinski definition) is 1. The molecule has 3 aromatic rings. The SMILES string of the molecule is CN1CCC(c2cc3c(C4CCN(C(=O)c5ccc(OC6CC6)c(F)c5F)CC4)c(F)cnc3[nH]2)CC1. The third-order valence-electron chi connectivity index (χ3n) is 8.12. The number of benzene rings is 1. The summed E-state index contributed by atoms with van der Waals surface area (Å²) in [6.45, 7) is 2.73. The molecule has 1 amide bonds. The first-order chi connectivity index (χ1) is 17.9. The smallest absolute Gasteiger partial charge is 0.256 e. The fraction of sp³-hybridized carbons (Fsp3) is 0.500. The van der Waals surface area contributed by atoms with Crippen LogP contribution in [0.25, 0.3) is 11.0 Å². The maximum atomic E-state index is 15.1. The molecule has 1 N–H and O–H groups in total. The number of nitrogens with zero attached hydrogens (tertiary/aromatic N) is 3. The van der Waals surface area contributed by atoms with E-state index in [0.29, 0.717) is 43.1 Å². The Morgan fingerprint density at radius 3 is 2.38 bits per heavy atom. The van der Waals surface area contributed by atoms with Gasteiger partial charge in [-0.2, -0.15) is 4.39 Å². The van der Waals surface area contributed by atoms with Crippen molar-refractivity contribution in [2.24, 2.45) is 0 Å². The van der Waals surface area contributed by atoms with Gasteiger partial charge in [0.2, 0.25) is 5.82 Å². The Morgan fingerprint density at radius 2 is 1.68 bits per heavy atom. The first-order valence-corrected chi connectivity index (χ1v) is 13.2. The van der Waals surface area contributed by atoms with Gasteiger partial charge in [0.05, 0.1) is 17.9 Å². The van der Waals surface area contributed by atoms with Crippen LogP contribution in [0.5, 0.6) is 5.75 Å². The number of hydrogen-bond acceptors (Lipinski definition) is 4. The average Bonchev–Trinajstić information content (AvgIpc) is 3.62. The predicted molar refractivity (Wildman–Crippen MR) is 133 cm³/mol. The van der Waals surface area contributed by atoms with Gasteiger partial charge in [-0.05, 0) is 82.8 Å². The number of halogens is 3. The molecule has 37 heavy (non-hydrogen) atoms. The number of H-pyrrole nitrogens is 1. The second-order valence-corrected chi connectivity index (χ2v) is 10.7. The molecule has 1 aromatic carbocycles. The molecule has 2 saturated heterocycles. The largest absolute Gasteiger partial charge is 0.487 e. The van der Waals surface area contributed by atoms with Crippen LogP contribution in [0.2, 0.25) is 0 Å². The fourth-order valence-electron chi connectivity index (χ4n) is 5.74. The number of rotatable bonds is 5. The quantitative estimate of drug-likeness (QED) is 0.501. The Hall–Kier alpha value is -3.07. The number of likely N-dealkylation sites (tertiary alicyclic amines) is 2. The standard InChI is InChI=1S/C28H31F3N4O2/c1-34-10-6-16(7-11-34)22-14-20-24(21(29)15-32-27(20)33-22)17-8-12-35(13-9-17)28(36)19-4-5-23(26(31)25(19)30)37-18-2-3-18/h4-5,14-18H,2-3,6-13H2,1H3,(H,32,33). The van der Waals surface area contributed by atoms with Crippen molar-refractivity contribution in [2.75, 3.05) is 33.2 Å². The number of fused-ring (bicyclic) bond motifs is 1. The number of carbonyl (C=O) groups excluding carboxylic acids is 1. The van der Waals surface area contributed by atoms with E-state index in [-0.39, 0.29) is 29.2 Å². The molecule has 2 aromatic heterocycles. The first kappa shape index (κ1) is 24.3. The summed E-state index contributed by atoms with van der Waals surface area (Å²) in [7, 11) is 2.12. The molecule has 6 rings (SSSR count). The molecule has 6 nitrogen and oxygen atoms in total. The van der Waals surface area contributed by atoms with Crippen molar-refractivity contribution in [1.29, 1.82) is 0 Å². The Labute approximate surface area is 213 Å². The van der Waals surface area contributed by atoms with Gasteiger partial charge in [0, 0.05) is 35.7 Å². The summed E-state index contributed by atoms with van der Waals surface area (Å²) >= 11 is 0. The maximum Gasteiger partial charge on any atom is 0.256 e. The number of amides is 1. The Bertz CT molecular complexity index is 1320. The minimum Gasteiger partial charge on any atom is -0.487 e. The van der Waals surface area contributed by atoms with E-state index in [2.05, 4.69) is 28.0 Å². The highest BCUT2D eigenvalue weighted by Gasteiger charge is 2.32. The normalized spacial score (nSPS) is 20.1. The molecule has 9 heteroatoms. The van der Waals surface area contributed by atoms with Crippen molar-refractivity contribution in [2.45, 2.75) is 56.5 Å². The molecule has 3 fully saturated rings. The summed E-state index contributed by atoms with van der Waals surface area (Å²) in [4.78, 5) is 24.6. The second-order valence-electron chi connectivity index (χ2n) is 10.7. The molecule has 0 atom stereocenters. The van der Waals surface area contributed by atoms with Crippen LogP contribution in [0.1, 0.15) is 72.0 Å². The lowest BCUT2D eigenvalue weighted by molar-refractivity contribution is 0.0706. The fourth-order valence-corrected chi connectivity index (χ4v) is 5.74. The molecule has 196 valence electrons. The summed E-state index contributed by atoms with van der Waals surface area (Å²) in [6, 6.07) is 4.67. The van der Waals surface area contributed by atoms with Crippen molar-refractivity contribution >= 4 is 16.9 Å². The number of pyridine rings is 1. The van der Waals surface area contributed by atoms with E-state index in [9.17, 15) is 13.6 Å². The Morgan fingerprint density at radius 1 is 0.973 bits per heavy atom. The zero-order valence-corrected chi connectivity index (χ0v) is 20.9. The van der Waals surface area contributed by atoms with Crippen molar-refractivity contribution in [1.82, 2.24) is 19.8 Å². The monoisotopic (exact) mass is 512 g/mol. The molecule has 3 aliphatic rings. The maximum absolute atomic E-state index is 15.1. The highest BCUT2D eigenvalue weighted by atomic mass is 19.2. The van der Waals surface area contributed by atoms with Crippen LogP contribution in [0.3, 0.4) is 0 Å². The van der Waals surface area contributed by atoms with Crippen LogP contribution in [0.15, 0.2) is 24.4 Å². The number of carbonyl (C=O) groups is 1. The second kappa shape index (κ2) is 9.67. The van der Waals surface area contributed by atoms with Gasteiger partial charge in [0.15, 0.2) is 11.6 Å². The van der Waals surface area contributed by atoms with Crippen LogP contribution < -0.4 is 4.74 Å². The van der Waals surface area contributed by atoms with Crippen molar-refractivity contribution in [3.05, 3.63) is 58.7 Å². The molecule has 2 aliphatic heterocycles. The summed E-state index contributed by atoms with van der Waals surface area (Å²) < 4.78 is 49.7. The van der Waals surface area contributed by atoms with Crippen molar-refractivity contribution < 1.29 is 22.7 Å². The van der Waals surface area contributed by atoms with Gasteiger partial charge in [-0.25, -0.2) is 13.8 Å². The molecular formula is C28H31F3N4O2. The number of aromatic nitrogens is 2. The lowest BCUT2D eigenvalue weighted by atomic mass is 9.87. The van der Waals surface area contributed by atoms with Crippen molar-refractivity contribution in [3.63, 3.8) is 0 Å². The summed E-state index contributed by atoms with van der Waals surface area (Å²) in [6.07, 6.45) is 6.00. The molecule has 1 aliphatic carbocycles. The lowest BCUT2D eigenvalue weighted by Crippen LogP contribution is -2.38. The Balaban J connectivity index is 1.18. The van der Waals surface area contributed by atoms with Gasteiger partial charge in [-0.1, -0.05) is 0 Å². The zero-order chi connectivity index (χ0) is 25.7. The summed E-state index contributed by atoms with van der Waals surface area (Å²) in [5.74, 6) is -3.05. The first-order valence-electron chi connectivity index (χ1n) is 13.2. The molecular weight excluding hydrogens is 481 g/mol. The van der Waals surface area contributed by atoms with Gasteiger partial charge >= 0.3 is 0 Å². The van der Waals surface area contributed by atoms with E-state index >= 15 is 4.39 Å². The molecule has 4 heterocycles. The number of nitrogens with one attached hydrogen (secondary N) is 1. The predicted octanol–water partition coefficient (Wildman–Crippen LogP) is 5.35. The number of ether oxygens (including phenoxy) is 1. The van der Waals surface area contributed by atoms with E-state index in [1.807, 2.05) is 0 Å². The van der Waals surface area contributed by atoms with Crippen molar-refractivity contribution in [3.8, 4) is 5.75 Å². The van der Waals surface area contributed by atoms with Crippen LogP contribution in [-0.4, -0.2) is 65.0 Å². The molecule has 0 radical (unpaired) electrons. The lowest BCUT2D eigenvalue weighted by Gasteiger charge is -2.32. The Kier molecular flexibility index (Phi) is 6.34. The van der Waals surface area contributed by atoms with Gasteiger partial charge in [-0.15, -0.1) is 0 Å². The minimum atomic E-state index is -1.18. The highest BCUT2D eigenvalue weighted by molar-refractivity contribution is 5.94. The van der Waals surface area contributed by atoms with E-state index in [1.165, 1.54) is 23.2 Å². The van der Waals surface area contributed by atoms with Gasteiger partial charge < -0.3 is 19.5 Å². The van der Waals surface area contributed by atoms with Crippen LogP contribution in [0.4, 0.5) is 13.2 Å². The van der Waals surface area contributed by atoms with Crippen LogP contribution in [0, 0.1) is 17.5 Å². The molecule has 0 unspecified atom stereocenters. The molecule has 0 bridgehead atoms. The number of piperidine rings is 2. The van der Waals surface area contributed by atoms with Gasteiger partial charge in [0.1, 0.15) is 11.5 Å². The highest BCUT2D eigenvalue weighted by Crippen LogP contribution is 2.38. The van der Waals surface area contributed by atoms with Crippen LogP contribution in [-0.2, 0) is 0 Å². The minimum absolute atomic E-state index is 0.0741. The van der Waals surface area contributed by atoms with Gasteiger partial charge in [-0.3, -0.25) is 4.79 Å². The summed E-state index contributed by atoms with van der Waals surface area (Å²) in [5, 5.41) is 0.804. The topological polar surface area (TPSA) is 61.5 Å². The summed E-state index contributed by atoms with van der Waals surface area (Å²) in [5.41, 5.74) is 2.12. The third-order valence-corrected chi connectivity index (χ3v) is 8.12. The van der Waals surface area contributed by atoms with Gasteiger partial charge in [0.25, 0.3) is 5.91 Å². The third kappa shape index (κ3) is 4.69. The van der Waals surface area contributed by atoms with E-state index in [0.717, 1.165) is 49.9 Å². The molecule has 0 spiro atoms. The van der Waals surface area contributed by atoms with E-state index in [4.69, 9.17) is 4.74 Å². The molecule has 1 saturated carbocycles. The number of aromatic amines is 1. The zero-order valence-electron chi connectivity index (χ0n) is 20.9.